The van der Waals surface area contributed by atoms with Gasteiger partial charge in [-0.25, -0.2) is 14.2 Å². The molecule has 1 amide bonds. The Kier molecular flexibility index (Phi) is 6.68. The fraction of sp³-hybridized carbons (Fsp3) is 0.192. The third kappa shape index (κ3) is 4.93. The molecule has 178 valence electrons. The van der Waals surface area contributed by atoms with E-state index in [0.29, 0.717) is 22.6 Å². The van der Waals surface area contributed by atoms with Crippen LogP contribution < -0.4 is 5.73 Å². The number of methoxy groups -OCH3 is 1. The molecule has 1 atom stereocenters. The molecule has 0 saturated carbocycles. The summed E-state index contributed by atoms with van der Waals surface area (Å²) in [5.74, 6) is -0.932. The second-order valence-electron chi connectivity index (χ2n) is 8.11. The van der Waals surface area contributed by atoms with Gasteiger partial charge in [0.15, 0.2) is 0 Å². The van der Waals surface area contributed by atoms with Crippen molar-refractivity contribution in [1.82, 2.24) is 19.9 Å². The molecule has 3 heterocycles. The van der Waals surface area contributed by atoms with Gasteiger partial charge in [0.2, 0.25) is 0 Å². The molecule has 0 spiro atoms. The maximum absolute atomic E-state index is 14.6. The van der Waals surface area contributed by atoms with Crippen LogP contribution in [0.25, 0.3) is 10.9 Å². The van der Waals surface area contributed by atoms with E-state index in [2.05, 4.69) is 15.0 Å². The topological polar surface area (TPSA) is 111 Å². The number of benzene rings is 1. The van der Waals surface area contributed by atoms with Gasteiger partial charge < -0.3 is 15.4 Å². The molecular formula is C26H24FN5O3. The van der Waals surface area contributed by atoms with Crippen molar-refractivity contribution >= 4 is 28.6 Å². The second kappa shape index (κ2) is 9.84. The number of hydrogen-bond acceptors (Lipinski definition) is 7. The molecule has 0 saturated heterocycles. The van der Waals surface area contributed by atoms with Gasteiger partial charge in [-0.05, 0) is 67.9 Å². The Morgan fingerprint density at radius 3 is 2.57 bits per heavy atom. The molecule has 3 aromatic heterocycles. The van der Waals surface area contributed by atoms with E-state index in [1.807, 2.05) is 13.0 Å². The maximum Gasteiger partial charge on any atom is 0.339 e. The second-order valence-corrected chi connectivity index (χ2v) is 8.11. The predicted octanol–water partition coefficient (Wildman–Crippen LogP) is 4.24. The predicted molar refractivity (Wildman–Crippen MR) is 129 cm³/mol. The Balaban J connectivity index is 1.72. The number of rotatable bonds is 6. The molecule has 0 aliphatic rings. The Labute approximate surface area is 201 Å². The molecule has 4 rings (SSSR count). The minimum absolute atomic E-state index is 0.0640. The van der Waals surface area contributed by atoms with Crippen molar-refractivity contribution in [3.8, 4) is 0 Å². The number of amides is 1. The highest BCUT2D eigenvalue weighted by molar-refractivity contribution is 5.98. The molecule has 35 heavy (non-hydrogen) atoms. The normalized spacial score (nSPS) is 11.8. The minimum atomic E-state index is -0.701. The lowest BCUT2D eigenvalue weighted by Crippen LogP contribution is -2.34. The number of carbonyl (C=O) groups excluding carboxylic acids is 2. The lowest BCUT2D eigenvalue weighted by Gasteiger charge is -2.29. The van der Waals surface area contributed by atoms with Crippen molar-refractivity contribution in [3.63, 3.8) is 0 Å². The third-order valence-electron chi connectivity index (χ3n) is 5.78. The van der Waals surface area contributed by atoms with E-state index in [0.717, 1.165) is 10.9 Å². The largest absolute Gasteiger partial charge is 0.465 e. The van der Waals surface area contributed by atoms with E-state index in [1.165, 1.54) is 36.5 Å². The van der Waals surface area contributed by atoms with Gasteiger partial charge in [-0.2, -0.15) is 0 Å². The van der Waals surface area contributed by atoms with Crippen LogP contribution in [0.4, 0.5) is 10.2 Å². The van der Waals surface area contributed by atoms with Gasteiger partial charge in [-0.15, -0.1) is 0 Å². The van der Waals surface area contributed by atoms with Crippen molar-refractivity contribution < 1.29 is 18.7 Å². The number of aryl methyl sites for hydroxylation is 1. The van der Waals surface area contributed by atoms with Crippen LogP contribution in [-0.2, 0) is 11.3 Å². The summed E-state index contributed by atoms with van der Waals surface area (Å²) in [6.45, 7) is 3.62. The van der Waals surface area contributed by atoms with Crippen LogP contribution in [0.3, 0.4) is 0 Å². The first-order valence-corrected chi connectivity index (χ1v) is 10.9. The monoisotopic (exact) mass is 473 g/mol. The number of nitrogens with two attached hydrogens (primary N) is 1. The molecule has 0 fully saturated rings. The number of esters is 1. The average molecular weight is 474 g/mol. The van der Waals surface area contributed by atoms with Gasteiger partial charge in [0.1, 0.15) is 11.6 Å². The number of pyridine rings is 3. The average Bonchev–Trinajstić information content (AvgIpc) is 2.87. The number of aromatic nitrogens is 3. The van der Waals surface area contributed by atoms with Crippen molar-refractivity contribution in [2.24, 2.45) is 0 Å². The SMILES string of the molecule is COC(=O)c1ccc(CN(C(=O)c2ccc3nc(N)c(C)cc3c2)[C@H](C)c2ncccc2F)nc1. The quantitative estimate of drug-likeness (QED) is 0.417. The summed E-state index contributed by atoms with van der Waals surface area (Å²) in [5.41, 5.74) is 8.72. The van der Waals surface area contributed by atoms with Crippen LogP contribution in [0.2, 0.25) is 0 Å². The molecule has 0 radical (unpaired) electrons. The van der Waals surface area contributed by atoms with Crippen LogP contribution in [0.15, 0.2) is 60.9 Å². The van der Waals surface area contributed by atoms with Crippen molar-refractivity contribution in [2.75, 3.05) is 12.8 Å². The summed E-state index contributed by atoms with van der Waals surface area (Å²) in [4.78, 5) is 39.8. The summed E-state index contributed by atoms with van der Waals surface area (Å²) in [5, 5.41) is 0.764. The summed E-state index contributed by atoms with van der Waals surface area (Å²) in [7, 11) is 1.29. The first-order chi connectivity index (χ1) is 16.8. The van der Waals surface area contributed by atoms with E-state index in [9.17, 15) is 14.0 Å². The van der Waals surface area contributed by atoms with E-state index in [1.54, 1.807) is 37.3 Å². The molecular weight excluding hydrogens is 449 g/mol. The Bertz CT molecular complexity index is 1410. The number of halogens is 1. The van der Waals surface area contributed by atoms with Crippen LogP contribution in [0, 0.1) is 12.7 Å². The van der Waals surface area contributed by atoms with Gasteiger partial charge in [0.05, 0.1) is 42.2 Å². The summed E-state index contributed by atoms with van der Waals surface area (Å²) < 4.78 is 19.3. The molecule has 0 aliphatic heterocycles. The number of anilines is 1. The Hall–Kier alpha value is -4.40. The standard InChI is InChI=1S/C26H24FN5O3/c1-15-11-19-12-17(7-9-22(19)31-24(15)28)25(33)32(16(2)23-21(27)5-4-10-29-23)14-20-8-6-18(13-30-20)26(34)35-3/h4-13,16H,14H2,1-3H3,(H2,28,31)/t16-/m1/s1. The number of ether oxygens (including phenoxy) is 1. The van der Waals surface area contributed by atoms with E-state index in [-0.39, 0.29) is 23.7 Å². The molecule has 9 heteroatoms. The molecule has 2 N–H and O–H groups in total. The van der Waals surface area contributed by atoms with Gasteiger partial charge in [0.25, 0.3) is 5.91 Å². The summed E-state index contributed by atoms with van der Waals surface area (Å²) >= 11 is 0. The van der Waals surface area contributed by atoms with E-state index < -0.39 is 17.8 Å². The highest BCUT2D eigenvalue weighted by Crippen LogP contribution is 2.27. The number of carbonyl (C=O) groups is 2. The number of hydrogen-bond donors (Lipinski definition) is 1. The fourth-order valence-electron chi connectivity index (χ4n) is 3.76. The molecule has 1 aromatic carbocycles. The fourth-order valence-corrected chi connectivity index (χ4v) is 3.76. The van der Waals surface area contributed by atoms with Gasteiger partial charge in [-0.3, -0.25) is 14.8 Å². The number of fused-ring (bicyclic) bond motifs is 1. The molecule has 0 aliphatic carbocycles. The van der Waals surface area contributed by atoms with Crippen LogP contribution >= 0.6 is 0 Å². The van der Waals surface area contributed by atoms with E-state index in [4.69, 9.17) is 10.5 Å². The first kappa shape index (κ1) is 23.7. The van der Waals surface area contributed by atoms with Gasteiger partial charge in [0, 0.05) is 23.3 Å². The highest BCUT2D eigenvalue weighted by atomic mass is 19.1. The molecule has 4 aromatic rings. The van der Waals surface area contributed by atoms with Crippen LogP contribution in [0.1, 0.15) is 50.6 Å². The van der Waals surface area contributed by atoms with E-state index >= 15 is 0 Å². The lowest BCUT2D eigenvalue weighted by molar-refractivity contribution is 0.0598. The zero-order valence-corrected chi connectivity index (χ0v) is 19.5. The Morgan fingerprint density at radius 2 is 1.89 bits per heavy atom. The summed E-state index contributed by atoms with van der Waals surface area (Å²) in [6.07, 6.45) is 2.86. The molecule has 0 bridgehead atoms. The molecule has 0 unspecified atom stereocenters. The maximum atomic E-state index is 14.6. The number of nitrogens with zero attached hydrogens (tertiary/aromatic N) is 4. The first-order valence-electron chi connectivity index (χ1n) is 10.9. The highest BCUT2D eigenvalue weighted by Gasteiger charge is 2.27. The lowest BCUT2D eigenvalue weighted by atomic mass is 10.1. The smallest absolute Gasteiger partial charge is 0.339 e. The Morgan fingerprint density at radius 1 is 1.11 bits per heavy atom. The van der Waals surface area contributed by atoms with Crippen molar-refractivity contribution in [3.05, 3.63) is 94.8 Å². The summed E-state index contributed by atoms with van der Waals surface area (Å²) in [6, 6.07) is 12.3. The van der Waals surface area contributed by atoms with Crippen LogP contribution in [-0.4, -0.2) is 38.8 Å². The number of nitrogen functional groups attached to an aromatic ring is 1. The zero-order valence-electron chi connectivity index (χ0n) is 19.5. The molecule has 8 nitrogen and oxygen atoms in total. The van der Waals surface area contributed by atoms with Crippen molar-refractivity contribution in [1.29, 1.82) is 0 Å². The van der Waals surface area contributed by atoms with Crippen LogP contribution in [0.5, 0.6) is 0 Å². The van der Waals surface area contributed by atoms with Gasteiger partial charge in [-0.1, -0.05) is 0 Å². The third-order valence-corrected chi connectivity index (χ3v) is 5.78. The van der Waals surface area contributed by atoms with Gasteiger partial charge >= 0.3 is 5.97 Å². The minimum Gasteiger partial charge on any atom is -0.465 e. The zero-order chi connectivity index (χ0) is 25.1. The van der Waals surface area contributed by atoms with Crippen molar-refractivity contribution in [2.45, 2.75) is 26.4 Å².